The van der Waals surface area contributed by atoms with Crippen LogP contribution in [0.1, 0.15) is 61.3 Å². The molecule has 0 unspecified atom stereocenters. The molecule has 0 aliphatic carbocycles. The first-order valence-corrected chi connectivity index (χ1v) is 8.63. The lowest BCUT2D eigenvalue weighted by atomic mass is 10.1. The van der Waals surface area contributed by atoms with Gasteiger partial charge in [0.05, 0.1) is 22.6 Å². The predicted octanol–water partition coefficient (Wildman–Crippen LogP) is 2.03. The molecule has 1 heterocycles. The van der Waals surface area contributed by atoms with Crippen LogP contribution in [0.25, 0.3) is 0 Å². The fourth-order valence-corrected chi connectivity index (χ4v) is 10.2. The molecule has 0 nitrogen and oxygen atoms in total. The van der Waals surface area contributed by atoms with E-state index in [9.17, 15) is 0 Å². The predicted molar refractivity (Wildman–Crippen MR) is 74.6 cm³/mol. The van der Waals surface area contributed by atoms with Gasteiger partial charge in [0, 0.05) is 7.26 Å². The number of halogens is 1. The van der Waals surface area contributed by atoms with Gasteiger partial charge >= 0.3 is 0 Å². The van der Waals surface area contributed by atoms with Crippen LogP contribution in [-0.2, 0) is 0 Å². The summed E-state index contributed by atoms with van der Waals surface area (Å²) in [5.41, 5.74) is 0. The van der Waals surface area contributed by atoms with E-state index in [4.69, 9.17) is 0 Å². The Kier molecular flexibility index (Phi) is 5.57. The van der Waals surface area contributed by atoms with Crippen molar-refractivity contribution in [3.8, 4) is 0 Å². The van der Waals surface area contributed by atoms with Gasteiger partial charge in [-0.2, -0.15) is 0 Å². The van der Waals surface area contributed by atoms with Crippen LogP contribution in [0.2, 0.25) is 0 Å². The van der Waals surface area contributed by atoms with Gasteiger partial charge in [-0.25, -0.2) is 0 Å². The number of hydrogen-bond donors (Lipinski definition) is 0. The van der Waals surface area contributed by atoms with Gasteiger partial charge in [-0.1, -0.05) is 6.92 Å². The van der Waals surface area contributed by atoms with Gasteiger partial charge in [0.1, 0.15) is 0 Å². The van der Waals surface area contributed by atoms with Crippen molar-refractivity contribution in [2.24, 2.45) is 5.92 Å². The summed E-state index contributed by atoms with van der Waals surface area (Å²) in [5, 5.41) is 1.09. The smallest absolute Gasteiger partial charge is 0.0720 e. The molecule has 0 radical (unpaired) electrons. The second kappa shape index (κ2) is 5.27. The molecule has 16 heavy (non-hydrogen) atoms. The van der Waals surface area contributed by atoms with Crippen molar-refractivity contribution in [3.05, 3.63) is 0 Å². The maximum Gasteiger partial charge on any atom is 0.0720 e. The van der Waals surface area contributed by atoms with Crippen LogP contribution in [0, 0.1) is 5.92 Å². The van der Waals surface area contributed by atoms with Gasteiger partial charge in [-0.05, 0) is 60.3 Å². The Morgan fingerprint density at radius 1 is 0.812 bits per heavy atom. The summed E-state index contributed by atoms with van der Waals surface area (Å²) >= 11 is 0. The molecule has 0 amide bonds. The topological polar surface area (TPSA) is 0 Å². The summed E-state index contributed by atoms with van der Waals surface area (Å²) in [4.78, 5) is 0. The van der Waals surface area contributed by atoms with Gasteiger partial charge in [0.25, 0.3) is 0 Å². The molecule has 0 spiro atoms. The number of hydrogen-bond acceptors (Lipinski definition) is 0. The zero-order valence-electron chi connectivity index (χ0n) is 12.2. The second-order valence-corrected chi connectivity index (χ2v) is 13.0. The van der Waals surface area contributed by atoms with Gasteiger partial charge in [-0.15, -0.1) is 0 Å². The quantitative estimate of drug-likeness (QED) is 0.601. The molecule has 0 N–H and O–H groups in total. The Morgan fingerprint density at radius 2 is 1.12 bits per heavy atom. The van der Waals surface area contributed by atoms with Crippen molar-refractivity contribution in [2.75, 3.05) is 12.3 Å². The van der Waals surface area contributed by atoms with Crippen LogP contribution in [-0.4, -0.2) is 22.6 Å². The van der Waals surface area contributed by atoms with Crippen LogP contribution in [0.5, 0.6) is 0 Å². The third kappa shape index (κ3) is 3.02. The highest BCUT2D eigenvalue weighted by Crippen LogP contribution is 2.78. The van der Waals surface area contributed by atoms with Crippen LogP contribution in [0.4, 0.5) is 0 Å². The molecule has 1 fully saturated rings. The van der Waals surface area contributed by atoms with Crippen LogP contribution < -0.4 is 17.0 Å². The van der Waals surface area contributed by atoms with E-state index in [0.717, 1.165) is 5.92 Å². The molecule has 0 saturated carbocycles. The lowest BCUT2D eigenvalue weighted by Crippen LogP contribution is -3.00. The van der Waals surface area contributed by atoms with E-state index in [1.165, 1.54) is 25.2 Å². The normalized spacial score (nSPS) is 22.7. The molecule has 0 aromatic rings. The van der Waals surface area contributed by atoms with Crippen molar-refractivity contribution in [2.45, 2.75) is 71.6 Å². The fourth-order valence-electron chi connectivity index (χ4n) is 3.49. The fraction of sp³-hybridized carbons (Fsp3) is 1.00. The van der Waals surface area contributed by atoms with Gasteiger partial charge < -0.3 is 17.0 Å². The standard InChI is InChI=1S/C14H30P.BrH/c1-12-8-10-15(11-9-12,13(2,3)4)14(5,6)7;/h12H,8-11H2,1-7H3;1H/q+1;/p-1. The molecule has 0 bridgehead atoms. The van der Waals surface area contributed by atoms with Crippen molar-refractivity contribution in [1.29, 1.82) is 0 Å². The van der Waals surface area contributed by atoms with Crippen LogP contribution in [0.3, 0.4) is 0 Å². The van der Waals surface area contributed by atoms with Crippen molar-refractivity contribution < 1.29 is 17.0 Å². The summed E-state index contributed by atoms with van der Waals surface area (Å²) in [7, 11) is -0.795. The van der Waals surface area contributed by atoms with Gasteiger partial charge in [-0.3, -0.25) is 0 Å². The largest absolute Gasteiger partial charge is 1.00 e. The minimum atomic E-state index is -0.795. The maximum atomic E-state index is 2.49. The van der Waals surface area contributed by atoms with Gasteiger partial charge in [0.2, 0.25) is 0 Å². The minimum Gasteiger partial charge on any atom is -1.00 e. The Balaban J connectivity index is 0.00000225. The third-order valence-electron chi connectivity index (χ3n) is 4.58. The molecule has 2 heteroatoms. The third-order valence-corrected chi connectivity index (χ3v) is 11.8. The first-order valence-electron chi connectivity index (χ1n) is 6.47. The molecule has 1 aliphatic heterocycles. The van der Waals surface area contributed by atoms with Crippen molar-refractivity contribution >= 4 is 7.26 Å². The van der Waals surface area contributed by atoms with E-state index in [2.05, 4.69) is 48.5 Å². The van der Waals surface area contributed by atoms with E-state index < -0.39 is 7.26 Å². The molecular formula is C14H30BrP. The van der Waals surface area contributed by atoms with E-state index in [1.807, 2.05) is 0 Å². The van der Waals surface area contributed by atoms with E-state index in [0.29, 0.717) is 10.3 Å². The highest BCUT2D eigenvalue weighted by molar-refractivity contribution is 7.78. The summed E-state index contributed by atoms with van der Waals surface area (Å²) < 4.78 is 0. The summed E-state index contributed by atoms with van der Waals surface area (Å²) in [5.74, 6) is 0.975. The number of rotatable bonds is 0. The Hall–Kier alpha value is 0.910. The van der Waals surface area contributed by atoms with Crippen molar-refractivity contribution in [1.82, 2.24) is 0 Å². The zero-order chi connectivity index (χ0) is 11.9. The van der Waals surface area contributed by atoms with Crippen LogP contribution in [0.15, 0.2) is 0 Å². The molecule has 0 atom stereocenters. The van der Waals surface area contributed by atoms with Crippen molar-refractivity contribution in [3.63, 3.8) is 0 Å². The lowest BCUT2D eigenvalue weighted by molar-refractivity contribution is -0.00000406. The first kappa shape index (κ1) is 16.9. The highest BCUT2D eigenvalue weighted by atomic mass is 79.9. The van der Waals surface area contributed by atoms with E-state index in [-0.39, 0.29) is 17.0 Å². The van der Waals surface area contributed by atoms with Gasteiger partial charge in [0.15, 0.2) is 0 Å². The summed E-state index contributed by atoms with van der Waals surface area (Å²) in [6.07, 6.45) is 6.01. The summed E-state index contributed by atoms with van der Waals surface area (Å²) in [6, 6.07) is 0. The maximum absolute atomic E-state index is 2.49. The lowest BCUT2D eigenvalue weighted by Gasteiger charge is -2.50. The van der Waals surface area contributed by atoms with E-state index >= 15 is 0 Å². The average Bonchev–Trinajstić information content (AvgIpc) is 2.00. The molecular weight excluding hydrogens is 279 g/mol. The molecule has 0 aromatic heterocycles. The summed E-state index contributed by atoms with van der Waals surface area (Å²) in [6.45, 7) is 17.4. The van der Waals surface area contributed by atoms with Crippen LogP contribution >= 0.6 is 7.26 Å². The molecule has 1 rings (SSSR count). The zero-order valence-corrected chi connectivity index (χ0v) is 14.7. The SMILES string of the molecule is CC1CC[P+](C(C)(C)C)(C(C)(C)C)CC1.[Br-]. The molecule has 1 saturated heterocycles. The Bertz CT molecular complexity index is 198. The monoisotopic (exact) mass is 308 g/mol. The molecule has 1 aliphatic rings. The molecule has 0 aromatic carbocycles. The first-order chi connectivity index (χ1) is 6.60. The molecule has 98 valence electrons. The average molecular weight is 309 g/mol. The van der Waals surface area contributed by atoms with E-state index in [1.54, 1.807) is 0 Å². The Morgan fingerprint density at radius 3 is 1.38 bits per heavy atom. The second-order valence-electron chi connectivity index (χ2n) is 7.44. The minimum absolute atomic E-state index is 0. The highest BCUT2D eigenvalue weighted by Gasteiger charge is 2.57. The Labute approximate surface area is 114 Å².